The minimum absolute atomic E-state index is 0.175. The van der Waals surface area contributed by atoms with Gasteiger partial charge in [0.05, 0.1) is 12.7 Å². The number of aliphatic hydroxyl groups is 1. The third-order valence-electron chi connectivity index (χ3n) is 3.71. The van der Waals surface area contributed by atoms with E-state index in [1.54, 1.807) is 0 Å². The zero-order valence-electron chi connectivity index (χ0n) is 11.5. The molecule has 1 aliphatic rings. The molecule has 2 nitrogen and oxygen atoms in total. The zero-order chi connectivity index (χ0) is 12.3. The summed E-state index contributed by atoms with van der Waals surface area (Å²) < 4.78 is 5.30. The van der Waals surface area contributed by atoms with Crippen LogP contribution in [0.3, 0.4) is 0 Å². The fraction of sp³-hybridized carbons (Fsp3) is 1.00. The van der Waals surface area contributed by atoms with Crippen molar-refractivity contribution in [2.45, 2.75) is 89.8 Å². The summed E-state index contributed by atoms with van der Waals surface area (Å²) in [6.45, 7) is 2.48. The van der Waals surface area contributed by atoms with Crippen LogP contribution in [-0.4, -0.2) is 23.9 Å². The van der Waals surface area contributed by atoms with Gasteiger partial charge in [-0.15, -0.1) is 0 Å². The van der Waals surface area contributed by atoms with E-state index >= 15 is 0 Å². The predicted octanol–water partition coefficient (Wildman–Crippen LogP) is 4.06. The van der Waals surface area contributed by atoms with Gasteiger partial charge in [-0.1, -0.05) is 71.1 Å². The van der Waals surface area contributed by atoms with E-state index in [2.05, 4.69) is 6.92 Å². The maximum atomic E-state index is 8.81. The van der Waals surface area contributed by atoms with Crippen LogP contribution in [0.15, 0.2) is 0 Å². The summed E-state index contributed by atoms with van der Waals surface area (Å²) in [5, 5.41) is 8.81. The maximum Gasteiger partial charge on any atom is 0.107 e. The molecule has 0 spiro atoms. The molecule has 1 heterocycles. The SMILES string of the molecule is CCCCCCCCCCCC[C@H]1O[C@@H]1CO. The first-order valence-electron chi connectivity index (χ1n) is 7.64. The number of rotatable bonds is 12. The van der Waals surface area contributed by atoms with Gasteiger partial charge in [0.25, 0.3) is 0 Å². The highest BCUT2D eigenvalue weighted by atomic mass is 16.6. The summed E-state index contributed by atoms with van der Waals surface area (Å²) >= 11 is 0. The molecular formula is C15H30O2. The van der Waals surface area contributed by atoms with Gasteiger partial charge in [0, 0.05) is 0 Å². The Morgan fingerprint density at radius 2 is 1.29 bits per heavy atom. The molecule has 17 heavy (non-hydrogen) atoms. The smallest absolute Gasteiger partial charge is 0.107 e. The largest absolute Gasteiger partial charge is 0.394 e. The first-order valence-corrected chi connectivity index (χ1v) is 7.64. The van der Waals surface area contributed by atoms with Crippen LogP contribution in [0.4, 0.5) is 0 Å². The quantitative estimate of drug-likeness (QED) is 0.413. The van der Waals surface area contributed by atoms with Gasteiger partial charge < -0.3 is 9.84 Å². The lowest BCUT2D eigenvalue weighted by Gasteiger charge is -2.01. The molecule has 1 rings (SSSR count). The molecule has 0 aliphatic carbocycles. The van der Waals surface area contributed by atoms with Gasteiger partial charge in [0.15, 0.2) is 0 Å². The van der Waals surface area contributed by atoms with E-state index in [-0.39, 0.29) is 12.7 Å². The molecule has 0 unspecified atom stereocenters. The molecule has 0 radical (unpaired) electrons. The highest BCUT2D eigenvalue weighted by Crippen LogP contribution is 2.26. The first-order chi connectivity index (χ1) is 8.38. The summed E-state index contributed by atoms with van der Waals surface area (Å²) in [7, 11) is 0. The van der Waals surface area contributed by atoms with Crippen molar-refractivity contribution < 1.29 is 9.84 Å². The highest BCUT2D eigenvalue weighted by Gasteiger charge is 2.36. The number of unbranched alkanes of at least 4 members (excludes halogenated alkanes) is 9. The Kier molecular flexibility index (Phi) is 8.72. The van der Waals surface area contributed by atoms with Crippen LogP contribution in [0.5, 0.6) is 0 Å². The standard InChI is InChI=1S/C15H30O2/c1-2-3-4-5-6-7-8-9-10-11-12-14-15(13-16)17-14/h14-16H,2-13H2,1H3/t14-,15-/m1/s1. The Labute approximate surface area is 107 Å². The first kappa shape index (κ1) is 15.0. The Morgan fingerprint density at radius 1 is 0.765 bits per heavy atom. The Balaban J connectivity index is 1.68. The van der Waals surface area contributed by atoms with Crippen molar-refractivity contribution in [1.29, 1.82) is 0 Å². The van der Waals surface area contributed by atoms with E-state index in [4.69, 9.17) is 9.84 Å². The fourth-order valence-corrected chi connectivity index (χ4v) is 2.43. The van der Waals surface area contributed by atoms with Gasteiger partial charge in [0.2, 0.25) is 0 Å². The topological polar surface area (TPSA) is 32.8 Å². The van der Waals surface area contributed by atoms with E-state index in [0.29, 0.717) is 6.10 Å². The third-order valence-corrected chi connectivity index (χ3v) is 3.71. The molecule has 1 saturated heterocycles. The van der Waals surface area contributed by atoms with Gasteiger partial charge in [-0.3, -0.25) is 0 Å². The Hall–Kier alpha value is -0.0800. The summed E-state index contributed by atoms with van der Waals surface area (Å²) in [5.41, 5.74) is 0. The fourth-order valence-electron chi connectivity index (χ4n) is 2.43. The number of hydrogen-bond donors (Lipinski definition) is 1. The Bertz CT molecular complexity index is 170. The van der Waals surface area contributed by atoms with Crippen molar-refractivity contribution in [2.75, 3.05) is 6.61 Å². The molecule has 0 saturated carbocycles. The van der Waals surface area contributed by atoms with Gasteiger partial charge in [-0.2, -0.15) is 0 Å². The van der Waals surface area contributed by atoms with Crippen molar-refractivity contribution in [2.24, 2.45) is 0 Å². The van der Waals surface area contributed by atoms with E-state index < -0.39 is 0 Å². The lowest BCUT2D eigenvalue weighted by atomic mass is 10.0. The third kappa shape index (κ3) is 7.77. The number of hydrogen-bond acceptors (Lipinski definition) is 2. The van der Waals surface area contributed by atoms with Crippen LogP contribution >= 0.6 is 0 Å². The molecule has 102 valence electrons. The molecular weight excluding hydrogens is 212 g/mol. The van der Waals surface area contributed by atoms with Crippen molar-refractivity contribution >= 4 is 0 Å². The second-order valence-corrected chi connectivity index (χ2v) is 5.37. The van der Waals surface area contributed by atoms with Crippen LogP contribution in [0, 0.1) is 0 Å². The average molecular weight is 242 g/mol. The van der Waals surface area contributed by atoms with Crippen molar-refractivity contribution in [3.8, 4) is 0 Å². The molecule has 0 amide bonds. The second-order valence-electron chi connectivity index (χ2n) is 5.37. The van der Waals surface area contributed by atoms with Crippen LogP contribution in [0.1, 0.15) is 77.6 Å². The number of ether oxygens (including phenoxy) is 1. The molecule has 2 atom stereocenters. The summed E-state index contributed by atoms with van der Waals surface area (Å²) in [4.78, 5) is 0. The molecule has 0 aromatic rings. The van der Waals surface area contributed by atoms with E-state index in [9.17, 15) is 0 Å². The zero-order valence-corrected chi connectivity index (χ0v) is 11.5. The van der Waals surface area contributed by atoms with E-state index in [1.165, 1.54) is 64.2 Å². The minimum atomic E-state index is 0.175. The monoisotopic (exact) mass is 242 g/mol. The molecule has 0 aromatic heterocycles. The summed E-state index contributed by atoms with van der Waals surface area (Å²) in [6.07, 6.45) is 15.6. The summed E-state index contributed by atoms with van der Waals surface area (Å²) in [5.74, 6) is 0. The molecule has 1 N–H and O–H groups in total. The van der Waals surface area contributed by atoms with Gasteiger partial charge in [-0.05, 0) is 6.42 Å². The molecule has 0 bridgehead atoms. The van der Waals surface area contributed by atoms with Gasteiger partial charge >= 0.3 is 0 Å². The minimum Gasteiger partial charge on any atom is -0.394 e. The van der Waals surface area contributed by atoms with E-state index in [1.807, 2.05) is 0 Å². The van der Waals surface area contributed by atoms with Crippen LogP contribution in [-0.2, 0) is 4.74 Å². The average Bonchev–Trinajstić information content (AvgIpc) is 3.10. The normalized spacial score (nSPS) is 22.9. The van der Waals surface area contributed by atoms with Crippen LogP contribution < -0.4 is 0 Å². The Morgan fingerprint density at radius 3 is 1.76 bits per heavy atom. The van der Waals surface area contributed by atoms with Gasteiger partial charge in [-0.25, -0.2) is 0 Å². The number of epoxide rings is 1. The van der Waals surface area contributed by atoms with Crippen LogP contribution in [0.25, 0.3) is 0 Å². The van der Waals surface area contributed by atoms with Crippen molar-refractivity contribution in [3.63, 3.8) is 0 Å². The van der Waals surface area contributed by atoms with Gasteiger partial charge in [0.1, 0.15) is 6.10 Å². The predicted molar refractivity (Wildman–Crippen MR) is 72.2 cm³/mol. The molecule has 1 aliphatic heterocycles. The van der Waals surface area contributed by atoms with Crippen molar-refractivity contribution in [1.82, 2.24) is 0 Å². The second kappa shape index (κ2) is 9.90. The molecule has 2 heteroatoms. The lowest BCUT2D eigenvalue weighted by molar-refractivity contribution is 0.241. The van der Waals surface area contributed by atoms with E-state index in [0.717, 1.165) is 6.42 Å². The molecule has 0 aromatic carbocycles. The summed E-state index contributed by atoms with van der Waals surface area (Å²) in [6, 6.07) is 0. The van der Waals surface area contributed by atoms with Crippen molar-refractivity contribution in [3.05, 3.63) is 0 Å². The molecule has 1 fully saturated rings. The van der Waals surface area contributed by atoms with Crippen LogP contribution in [0.2, 0.25) is 0 Å². The number of aliphatic hydroxyl groups excluding tert-OH is 1. The lowest BCUT2D eigenvalue weighted by Crippen LogP contribution is -1.98. The maximum absolute atomic E-state index is 8.81. The highest BCUT2D eigenvalue weighted by molar-refractivity contribution is 4.83.